The molecule has 1 saturated carbocycles. The van der Waals surface area contributed by atoms with Crippen molar-refractivity contribution in [1.82, 2.24) is 15.3 Å². The summed E-state index contributed by atoms with van der Waals surface area (Å²) in [6.45, 7) is 1.75. The molecule has 1 aliphatic heterocycles. The third-order valence-corrected chi connectivity index (χ3v) is 4.56. The smallest absolute Gasteiger partial charge is 0.224 e. The van der Waals surface area contributed by atoms with Gasteiger partial charge in [0.2, 0.25) is 5.91 Å². The van der Waals surface area contributed by atoms with Gasteiger partial charge in [0.05, 0.1) is 5.92 Å². The molecule has 1 aromatic heterocycles. The molecular formula is C15H22N4O. The van der Waals surface area contributed by atoms with Crippen molar-refractivity contribution in [1.29, 1.82) is 0 Å². The van der Waals surface area contributed by atoms with Crippen LogP contribution in [0.25, 0.3) is 0 Å². The van der Waals surface area contributed by atoms with Gasteiger partial charge in [0.1, 0.15) is 12.1 Å². The number of nitrogens with zero attached hydrogens (tertiary/aromatic N) is 3. The quantitative estimate of drug-likeness (QED) is 0.911. The van der Waals surface area contributed by atoms with Gasteiger partial charge in [-0.15, -0.1) is 0 Å². The molecule has 2 aliphatic rings. The molecule has 2 fully saturated rings. The molecule has 0 bridgehead atoms. The number of carbonyl (C=O) groups is 1. The molecule has 1 unspecified atom stereocenters. The molecule has 1 saturated heterocycles. The largest absolute Gasteiger partial charge is 0.359 e. The summed E-state index contributed by atoms with van der Waals surface area (Å²) in [5.41, 5.74) is 1.17. The summed E-state index contributed by atoms with van der Waals surface area (Å²) in [5.74, 6) is 1.82. The standard InChI is InChI=1S/C15H22N4O/c1-16-15(20)12-6-3-7-19(9-12)14-8-13(17-10-18-14)11-4-2-5-11/h8,10-12H,2-7,9H2,1H3,(H,16,20). The fourth-order valence-electron chi connectivity index (χ4n) is 3.07. The normalized spacial score (nSPS) is 23.2. The van der Waals surface area contributed by atoms with Crippen LogP contribution in [0, 0.1) is 5.92 Å². The Morgan fingerprint density at radius 3 is 2.85 bits per heavy atom. The lowest BCUT2D eigenvalue weighted by atomic mass is 9.83. The summed E-state index contributed by atoms with van der Waals surface area (Å²) < 4.78 is 0. The Kier molecular flexibility index (Phi) is 3.85. The summed E-state index contributed by atoms with van der Waals surface area (Å²) in [4.78, 5) is 22.8. The summed E-state index contributed by atoms with van der Waals surface area (Å²) in [7, 11) is 1.71. The lowest BCUT2D eigenvalue weighted by Crippen LogP contribution is -2.42. The second kappa shape index (κ2) is 5.77. The van der Waals surface area contributed by atoms with Crippen molar-refractivity contribution < 1.29 is 4.79 Å². The molecule has 20 heavy (non-hydrogen) atoms. The van der Waals surface area contributed by atoms with Crippen LogP contribution in [0.1, 0.15) is 43.7 Å². The molecule has 1 amide bonds. The Morgan fingerprint density at radius 2 is 2.15 bits per heavy atom. The number of rotatable bonds is 3. The molecule has 0 radical (unpaired) electrons. The van der Waals surface area contributed by atoms with Gasteiger partial charge in [-0.3, -0.25) is 4.79 Å². The molecule has 0 aromatic carbocycles. The molecule has 0 spiro atoms. The van der Waals surface area contributed by atoms with Crippen LogP contribution in [0.2, 0.25) is 0 Å². The number of hydrogen-bond acceptors (Lipinski definition) is 4. The summed E-state index contributed by atoms with van der Waals surface area (Å²) >= 11 is 0. The fraction of sp³-hybridized carbons (Fsp3) is 0.667. The third kappa shape index (κ3) is 2.62. The zero-order valence-corrected chi connectivity index (χ0v) is 12.0. The van der Waals surface area contributed by atoms with Gasteiger partial charge in [-0.2, -0.15) is 0 Å². The highest BCUT2D eigenvalue weighted by Gasteiger charge is 2.27. The molecule has 108 valence electrons. The summed E-state index contributed by atoms with van der Waals surface area (Å²) in [6, 6.07) is 2.12. The highest BCUT2D eigenvalue weighted by Crippen LogP contribution is 2.36. The Morgan fingerprint density at radius 1 is 1.30 bits per heavy atom. The molecule has 3 rings (SSSR count). The van der Waals surface area contributed by atoms with Gasteiger partial charge in [0, 0.05) is 37.8 Å². The monoisotopic (exact) mass is 274 g/mol. The Labute approximate surface area is 119 Å². The van der Waals surface area contributed by atoms with Gasteiger partial charge in [0.15, 0.2) is 0 Å². The van der Waals surface area contributed by atoms with Crippen molar-refractivity contribution in [2.24, 2.45) is 5.92 Å². The third-order valence-electron chi connectivity index (χ3n) is 4.56. The van der Waals surface area contributed by atoms with E-state index in [-0.39, 0.29) is 11.8 Å². The minimum Gasteiger partial charge on any atom is -0.359 e. The molecule has 5 heteroatoms. The Balaban J connectivity index is 1.73. The average Bonchev–Trinajstić information content (AvgIpc) is 2.45. The van der Waals surface area contributed by atoms with Gasteiger partial charge in [-0.1, -0.05) is 6.42 Å². The van der Waals surface area contributed by atoms with Crippen LogP contribution < -0.4 is 10.2 Å². The number of carbonyl (C=O) groups excluding carboxylic acids is 1. The van der Waals surface area contributed by atoms with E-state index < -0.39 is 0 Å². The number of anilines is 1. The van der Waals surface area contributed by atoms with E-state index in [1.165, 1.54) is 25.0 Å². The van der Waals surface area contributed by atoms with Crippen LogP contribution in [0.3, 0.4) is 0 Å². The maximum Gasteiger partial charge on any atom is 0.224 e. The maximum absolute atomic E-state index is 11.8. The van der Waals surface area contributed by atoms with Crippen molar-refractivity contribution in [3.63, 3.8) is 0 Å². The van der Waals surface area contributed by atoms with Crippen LogP contribution in [0.15, 0.2) is 12.4 Å². The zero-order valence-electron chi connectivity index (χ0n) is 12.0. The second-order valence-corrected chi connectivity index (χ2v) is 5.83. The van der Waals surface area contributed by atoms with E-state index in [1.807, 2.05) is 0 Å². The molecular weight excluding hydrogens is 252 g/mol. The van der Waals surface area contributed by atoms with Crippen LogP contribution in [0.5, 0.6) is 0 Å². The second-order valence-electron chi connectivity index (χ2n) is 5.83. The molecule has 1 atom stereocenters. The van der Waals surface area contributed by atoms with Crippen molar-refractivity contribution >= 4 is 11.7 Å². The average molecular weight is 274 g/mol. The van der Waals surface area contributed by atoms with Gasteiger partial charge in [0.25, 0.3) is 0 Å². The Hall–Kier alpha value is -1.65. The van der Waals surface area contributed by atoms with E-state index in [2.05, 4.69) is 26.3 Å². The number of aromatic nitrogens is 2. The molecule has 5 nitrogen and oxygen atoms in total. The van der Waals surface area contributed by atoms with Crippen LogP contribution in [-0.4, -0.2) is 36.0 Å². The number of amides is 1. The summed E-state index contributed by atoms with van der Waals surface area (Å²) in [6.07, 6.45) is 7.49. The van der Waals surface area contributed by atoms with Crippen LogP contribution in [0.4, 0.5) is 5.82 Å². The minimum atomic E-state index is 0.0795. The first-order valence-corrected chi connectivity index (χ1v) is 7.56. The number of piperidine rings is 1. The first kappa shape index (κ1) is 13.3. The van der Waals surface area contributed by atoms with Gasteiger partial charge >= 0.3 is 0 Å². The predicted octanol–water partition coefficient (Wildman–Crippen LogP) is 1.71. The number of nitrogens with one attached hydrogen (secondary N) is 1. The topological polar surface area (TPSA) is 58.1 Å². The van der Waals surface area contributed by atoms with E-state index >= 15 is 0 Å². The van der Waals surface area contributed by atoms with Gasteiger partial charge in [-0.25, -0.2) is 9.97 Å². The van der Waals surface area contributed by atoms with Crippen molar-refractivity contribution in [3.8, 4) is 0 Å². The fourth-order valence-corrected chi connectivity index (χ4v) is 3.07. The SMILES string of the molecule is CNC(=O)C1CCCN(c2cc(C3CCC3)ncn2)C1. The predicted molar refractivity (Wildman–Crippen MR) is 77.6 cm³/mol. The highest BCUT2D eigenvalue weighted by atomic mass is 16.1. The van der Waals surface area contributed by atoms with E-state index in [1.54, 1.807) is 13.4 Å². The first-order valence-electron chi connectivity index (χ1n) is 7.56. The van der Waals surface area contributed by atoms with E-state index in [9.17, 15) is 4.79 Å². The zero-order chi connectivity index (χ0) is 13.9. The summed E-state index contributed by atoms with van der Waals surface area (Å²) in [5, 5.41) is 2.76. The first-order chi connectivity index (χ1) is 9.78. The van der Waals surface area contributed by atoms with Crippen LogP contribution in [-0.2, 0) is 4.79 Å². The van der Waals surface area contributed by atoms with E-state index in [0.29, 0.717) is 5.92 Å². The molecule has 1 aromatic rings. The van der Waals surface area contributed by atoms with Crippen molar-refractivity contribution in [2.75, 3.05) is 25.0 Å². The van der Waals surface area contributed by atoms with Gasteiger partial charge in [-0.05, 0) is 25.7 Å². The Bertz CT molecular complexity index is 487. The lowest BCUT2D eigenvalue weighted by Gasteiger charge is -2.33. The maximum atomic E-state index is 11.8. The molecule has 1 N–H and O–H groups in total. The van der Waals surface area contributed by atoms with Crippen molar-refractivity contribution in [2.45, 2.75) is 38.0 Å². The molecule has 2 heterocycles. The minimum absolute atomic E-state index is 0.0795. The van der Waals surface area contributed by atoms with Crippen LogP contribution >= 0.6 is 0 Å². The molecule has 1 aliphatic carbocycles. The lowest BCUT2D eigenvalue weighted by molar-refractivity contribution is -0.124. The van der Waals surface area contributed by atoms with Crippen molar-refractivity contribution in [3.05, 3.63) is 18.1 Å². The van der Waals surface area contributed by atoms with E-state index in [4.69, 9.17) is 0 Å². The van der Waals surface area contributed by atoms with E-state index in [0.717, 1.165) is 31.7 Å². The van der Waals surface area contributed by atoms with Gasteiger partial charge < -0.3 is 10.2 Å². The highest BCUT2D eigenvalue weighted by molar-refractivity contribution is 5.79. The number of hydrogen-bond donors (Lipinski definition) is 1.